The van der Waals surface area contributed by atoms with Crippen molar-refractivity contribution in [3.63, 3.8) is 0 Å². The van der Waals surface area contributed by atoms with E-state index in [0.29, 0.717) is 50.8 Å². The van der Waals surface area contributed by atoms with Crippen molar-refractivity contribution in [1.82, 2.24) is 9.29 Å². The molecule has 0 radical (unpaired) electrons. The molecule has 0 unspecified atom stereocenters. The quantitative estimate of drug-likeness (QED) is 0.216. The summed E-state index contributed by atoms with van der Waals surface area (Å²) in [6.07, 6.45) is 3.39. The first-order valence-corrected chi connectivity index (χ1v) is 15.8. The van der Waals surface area contributed by atoms with Gasteiger partial charge in [-0.15, -0.1) is 0 Å². The number of unbranched alkanes of at least 4 members (excludes halogenated alkanes) is 2. The van der Waals surface area contributed by atoms with Gasteiger partial charge in [-0.25, -0.2) is 18.3 Å². The van der Waals surface area contributed by atoms with Gasteiger partial charge in [0.25, 0.3) is 17.7 Å². The van der Waals surface area contributed by atoms with Gasteiger partial charge in [0.15, 0.2) is 5.13 Å². The second-order valence-electron chi connectivity index (χ2n) is 9.75. The first-order valence-electron chi connectivity index (χ1n) is 13.5. The lowest BCUT2D eigenvalue weighted by Crippen LogP contribution is -2.33. The number of anilines is 2. The summed E-state index contributed by atoms with van der Waals surface area (Å²) < 4.78 is 29.0. The monoisotopic (exact) mass is 590 g/mol. The van der Waals surface area contributed by atoms with E-state index in [2.05, 4.69) is 10.3 Å². The maximum absolute atomic E-state index is 13.4. The third-order valence-corrected chi connectivity index (χ3v) is 9.75. The molecule has 3 aromatic carbocycles. The van der Waals surface area contributed by atoms with E-state index in [0.717, 1.165) is 30.6 Å². The van der Waals surface area contributed by atoms with Crippen LogP contribution in [0.5, 0.6) is 0 Å². The molecule has 1 aliphatic rings. The topological polar surface area (TPSA) is 117 Å². The summed E-state index contributed by atoms with van der Waals surface area (Å²) in [6, 6.07) is 17.6. The highest BCUT2D eigenvalue weighted by atomic mass is 32.2. The first kappa shape index (κ1) is 28.6. The minimum absolute atomic E-state index is 0.211. The van der Waals surface area contributed by atoms with E-state index in [9.17, 15) is 22.8 Å². The van der Waals surface area contributed by atoms with Crippen molar-refractivity contribution in [2.75, 3.05) is 23.3 Å². The average molecular weight is 591 g/mol. The van der Waals surface area contributed by atoms with Gasteiger partial charge in [-0.3, -0.25) is 19.7 Å². The number of rotatable bonds is 11. The van der Waals surface area contributed by atoms with Crippen LogP contribution in [0.1, 0.15) is 70.6 Å². The number of fused-ring (bicyclic) bond motifs is 2. The van der Waals surface area contributed by atoms with Gasteiger partial charge in [0.05, 0.1) is 31.9 Å². The second-order valence-corrected chi connectivity index (χ2v) is 12.7. The minimum atomic E-state index is -3.66. The van der Waals surface area contributed by atoms with Gasteiger partial charge < -0.3 is 0 Å². The Hall–Kier alpha value is -3.93. The molecular formula is C30H30N4O5S2. The zero-order valence-electron chi connectivity index (χ0n) is 22.8. The number of nitrogens with one attached hydrogen (secondary N) is 1. The number of aromatic nitrogens is 1. The smallest absolute Gasteiger partial charge is 0.266 e. The number of thiazole rings is 1. The van der Waals surface area contributed by atoms with Crippen molar-refractivity contribution in [1.29, 1.82) is 0 Å². The summed E-state index contributed by atoms with van der Waals surface area (Å²) in [5, 5.41) is 3.10. The van der Waals surface area contributed by atoms with Crippen LogP contribution in [0.2, 0.25) is 0 Å². The van der Waals surface area contributed by atoms with Gasteiger partial charge >= 0.3 is 0 Å². The zero-order chi connectivity index (χ0) is 29.1. The molecule has 0 atom stereocenters. The van der Waals surface area contributed by atoms with Crippen LogP contribution in [-0.4, -0.2) is 48.5 Å². The van der Waals surface area contributed by atoms with Gasteiger partial charge in [-0.1, -0.05) is 50.2 Å². The first-order chi connectivity index (χ1) is 19.7. The molecule has 0 spiro atoms. The number of hydrogen-bond acceptors (Lipinski definition) is 7. The molecule has 212 valence electrons. The van der Waals surface area contributed by atoms with Crippen LogP contribution in [0, 0.1) is 0 Å². The van der Waals surface area contributed by atoms with Crippen molar-refractivity contribution in [2.24, 2.45) is 0 Å². The Kier molecular flexibility index (Phi) is 8.30. The van der Waals surface area contributed by atoms with Crippen molar-refractivity contribution in [3.8, 4) is 0 Å². The zero-order valence-corrected chi connectivity index (χ0v) is 24.4. The number of hydrogen-bond donors (Lipinski definition) is 1. The number of carbonyl (C=O) groups excluding carboxylic acids is 3. The van der Waals surface area contributed by atoms with Crippen LogP contribution in [0.25, 0.3) is 10.2 Å². The molecule has 0 aliphatic carbocycles. The second kappa shape index (κ2) is 11.9. The molecule has 1 aromatic heterocycles. The molecule has 11 heteroatoms. The van der Waals surface area contributed by atoms with E-state index in [1.165, 1.54) is 23.5 Å². The molecule has 5 rings (SSSR count). The highest BCUT2D eigenvalue weighted by Crippen LogP contribution is 2.31. The number of carbonyl (C=O) groups is 3. The van der Waals surface area contributed by atoms with Crippen LogP contribution >= 0.6 is 11.3 Å². The maximum atomic E-state index is 13.4. The van der Waals surface area contributed by atoms with Gasteiger partial charge in [-0.2, -0.15) is 4.31 Å². The molecule has 1 N–H and O–H groups in total. The lowest BCUT2D eigenvalue weighted by molar-refractivity contribution is 0.0925. The number of amides is 3. The van der Waals surface area contributed by atoms with Crippen LogP contribution in [-0.2, 0) is 10.0 Å². The Labute approximate surface area is 242 Å². The third-order valence-electron chi connectivity index (χ3n) is 6.92. The Morgan fingerprint density at radius 3 is 2.10 bits per heavy atom. The Bertz CT molecular complexity index is 1690. The standard InChI is InChI=1S/C30H30N4O5S2/c1-3-5-17-33(18-6-4-2)41(38,39)22-15-16-25-26(19-22)40-30(31-25)32-27(35)20-11-13-21(14-12-20)34-28(36)23-9-7-8-10-24(23)29(34)37/h7-16,19H,3-6,17-18H2,1-2H3,(H,31,32,35). The Balaban J connectivity index is 1.31. The van der Waals surface area contributed by atoms with Gasteiger partial charge in [0.1, 0.15) is 0 Å². The Morgan fingerprint density at radius 2 is 1.51 bits per heavy atom. The van der Waals surface area contributed by atoms with E-state index in [1.54, 1.807) is 58.9 Å². The molecule has 0 fully saturated rings. The minimum Gasteiger partial charge on any atom is -0.298 e. The average Bonchev–Trinajstić information content (AvgIpc) is 3.49. The summed E-state index contributed by atoms with van der Waals surface area (Å²) in [5.41, 5.74) is 1.96. The number of imide groups is 1. The predicted molar refractivity (Wildman–Crippen MR) is 160 cm³/mol. The largest absolute Gasteiger partial charge is 0.298 e. The van der Waals surface area contributed by atoms with E-state index in [1.807, 2.05) is 13.8 Å². The van der Waals surface area contributed by atoms with Gasteiger partial charge in [0.2, 0.25) is 10.0 Å². The van der Waals surface area contributed by atoms with Gasteiger partial charge in [-0.05, 0) is 67.4 Å². The molecule has 0 saturated heterocycles. The SMILES string of the molecule is CCCCN(CCCC)S(=O)(=O)c1ccc2nc(NC(=O)c3ccc(N4C(=O)c5ccccc5C4=O)cc3)sc2c1. The lowest BCUT2D eigenvalue weighted by atomic mass is 10.1. The van der Waals surface area contributed by atoms with E-state index in [4.69, 9.17) is 0 Å². The molecule has 9 nitrogen and oxygen atoms in total. The van der Waals surface area contributed by atoms with Gasteiger partial charge in [0, 0.05) is 18.7 Å². The van der Waals surface area contributed by atoms with E-state index >= 15 is 0 Å². The highest BCUT2D eigenvalue weighted by molar-refractivity contribution is 7.89. The molecule has 2 heterocycles. The number of sulfonamides is 1. The molecule has 4 aromatic rings. The number of benzene rings is 3. The fraction of sp³-hybridized carbons (Fsp3) is 0.267. The van der Waals surface area contributed by atoms with Crippen molar-refractivity contribution < 1.29 is 22.8 Å². The molecular weight excluding hydrogens is 560 g/mol. The van der Waals surface area contributed by atoms with Crippen molar-refractivity contribution in [2.45, 2.75) is 44.4 Å². The van der Waals surface area contributed by atoms with Crippen LogP contribution in [0.4, 0.5) is 10.8 Å². The van der Waals surface area contributed by atoms with Crippen molar-refractivity contribution in [3.05, 3.63) is 83.4 Å². The normalized spacial score (nSPS) is 13.3. The molecule has 1 aliphatic heterocycles. The predicted octanol–water partition coefficient (Wildman–Crippen LogP) is 5.94. The highest BCUT2D eigenvalue weighted by Gasteiger charge is 2.36. The summed E-state index contributed by atoms with van der Waals surface area (Å²) in [6.45, 7) is 5.03. The lowest BCUT2D eigenvalue weighted by Gasteiger charge is -2.21. The van der Waals surface area contributed by atoms with Crippen LogP contribution in [0.3, 0.4) is 0 Å². The summed E-state index contributed by atoms with van der Waals surface area (Å²) in [7, 11) is -3.66. The summed E-state index contributed by atoms with van der Waals surface area (Å²) in [4.78, 5) is 44.2. The summed E-state index contributed by atoms with van der Waals surface area (Å²) >= 11 is 1.19. The van der Waals surface area contributed by atoms with Crippen molar-refractivity contribution >= 4 is 60.1 Å². The molecule has 3 amide bonds. The molecule has 0 bridgehead atoms. The van der Waals surface area contributed by atoms with E-state index in [-0.39, 0.29) is 4.90 Å². The number of nitrogens with zero attached hydrogens (tertiary/aromatic N) is 3. The Morgan fingerprint density at radius 1 is 0.902 bits per heavy atom. The molecule has 0 saturated carbocycles. The summed E-state index contributed by atoms with van der Waals surface area (Å²) in [5.74, 6) is -1.23. The third kappa shape index (κ3) is 5.65. The van der Waals surface area contributed by atoms with Crippen LogP contribution in [0.15, 0.2) is 71.6 Å². The van der Waals surface area contributed by atoms with E-state index < -0.39 is 27.7 Å². The fourth-order valence-electron chi connectivity index (χ4n) is 4.64. The maximum Gasteiger partial charge on any atom is 0.266 e. The molecule has 41 heavy (non-hydrogen) atoms. The fourth-order valence-corrected chi connectivity index (χ4v) is 7.16. The van der Waals surface area contributed by atoms with Crippen LogP contribution < -0.4 is 10.2 Å².